The van der Waals surface area contributed by atoms with Crippen LogP contribution in [0.5, 0.6) is 0 Å². The number of amides is 1. The van der Waals surface area contributed by atoms with Crippen molar-refractivity contribution in [3.63, 3.8) is 0 Å². The maximum absolute atomic E-state index is 11.8. The molecule has 1 unspecified atom stereocenters. The Kier molecular flexibility index (Phi) is 3.89. The molecule has 1 rings (SSSR count). The average molecular weight is 200 g/mol. The van der Waals surface area contributed by atoms with Crippen LogP contribution in [0.2, 0.25) is 0 Å². The molecule has 82 valence electrons. The number of carbonyl (C=O) groups excluding carboxylic acids is 1. The molecular formula is C10H20N2O2. The number of nitrogens with two attached hydrogens (primary N) is 1. The predicted molar refractivity (Wildman–Crippen MR) is 54.8 cm³/mol. The SMILES string of the molecule is CO[C@@H]1CCN(C(=O)C(N)C(C)C)C1. The molecule has 0 aromatic heterocycles. The van der Waals surface area contributed by atoms with Crippen molar-refractivity contribution in [3.05, 3.63) is 0 Å². The van der Waals surface area contributed by atoms with E-state index in [0.717, 1.165) is 13.0 Å². The second kappa shape index (κ2) is 4.75. The van der Waals surface area contributed by atoms with Crippen LogP contribution in [-0.4, -0.2) is 43.2 Å². The summed E-state index contributed by atoms with van der Waals surface area (Å²) in [7, 11) is 1.68. The zero-order valence-corrected chi connectivity index (χ0v) is 9.19. The van der Waals surface area contributed by atoms with Crippen molar-refractivity contribution in [1.82, 2.24) is 4.90 Å². The Balaban J connectivity index is 2.47. The molecule has 0 spiro atoms. The van der Waals surface area contributed by atoms with Gasteiger partial charge < -0.3 is 15.4 Å². The molecule has 2 atom stereocenters. The molecule has 1 aliphatic rings. The summed E-state index contributed by atoms with van der Waals surface area (Å²) >= 11 is 0. The van der Waals surface area contributed by atoms with Crippen LogP contribution in [0.4, 0.5) is 0 Å². The van der Waals surface area contributed by atoms with Crippen molar-refractivity contribution < 1.29 is 9.53 Å². The normalized spacial score (nSPS) is 24.4. The highest BCUT2D eigenvalue weighted by Crippen LogP contribution is 2.14. The van der Waals surface area contributed by atoms with Gasteiger partial charge in [-0.05, 0) is 12.3 Å². The second-order valence-corrected chi connectivity index (χ2v) is 4.20. The van der Waals surface area contributed by atoms with Crippen LogP contribution in [0.3, 0.4) is 0 Å². The van der Waals surface area contributed by atoms with Crippen LogP contribution in [0.1, 0.15) is 20.3 Å². The van der Waals surface area contributed by atoms with Crippen LogP contribution in [0.15, 0.2) is 0 Å². The smallest absolute Gasteiger partial charge is 0.239 e. The number of carbonyl (C=O) groups is 1. The minimum Gasteiger partial charge on any atom is -0.380 e. The number of methoxy groups -OCH3 is 1. The van der Waals surface area contributed by atoms with E-state index in [1.807, 2.05) is 13.8 Å². The standard InChI is InChI=1S/C10H20N2O2/c1-7(2)9(11)10(13)12-5-4-8(6-12)14-3/h7-9H,4-6,11H2,1-3H3/t8-,9?/m1/s1. The number of nitrogens with zero attached hydrogens (tertiary/aromatic N) is 1. The molecule has 0 aromatic rings. The molecule has 0 aromatic carbocycles. The maximum Gasteiger partial charge on any atom is 0.239 e. The molecule has 0 saturated carbocycles. The topological polar surface area (TPSA) is 55.6 Å². The highest BCUT2D eigenvalue weighted by atomic mass is 16.5. The van der Waals surface area contributed by atoms with E-state index < -0.39 is 0 Å². The molecule has 1 aliphatic heterocycles. The summed E-state index contributed by atoms with van der Waals surface area (Å²) in [5.74, 6) is 0.253. The quantitative estimate of drug-likeness (QED) is 0.709. The first-order valence-corrected chi connectivity index (χ1v) is 5.13. The Labute approximate surface area is 85.4 Å². The highest BCUT2D eigenvalue weighted by molar-refractivity contribution is 5.82. The Morgan fingerprint density at radius 1 is 1.57 bits per heavy atom. The number of ether oxygens (including phenoxy) is 1. The van der Waals surface area contributed by atoms with E-state index >= 15 is 0 Å². The maximum atomic E-state index is 11.8. The second-order valence-electron chi connectivity index (χ2n) is 4.20. The van der Waals surface area contributed by atoms with Gasteiger partial charge in [0.15, 0.2) is 0 Å². The first kappa shape index (κ1) is 11.5. The lowest BCUT2D eigenvalue weighted by atomic mass is 10.0. The van der Waals surface area contributed by atoms with Crippen LogP contribution in [-0.2, 0) is 9.53 Å². The number of rotatable bonds is 3. The van der Waals surface area contributed by atoms with Gasteiger partial charge in [0.25, 0.3) is 0 Å². The van der Waals surface area contributed by atoms with Crippen LogP contribution >= 0.6 is 0 Å². The third-order valence-corrected chi connectivity index (χ3v) is 2.79. The van der Waals surface area contributed by atoms with Gasteiger partial charge in [-0.25, -0.2) is 0 Å². The molecular weight excluding hydrogens is 180 g/mol. The molecule has 1 amide bonds. The zero-order valence-electron chi connectivity index (χ0n) is 9.19. The Morgan fingerprint density at radius 2 is 2.21 bits per heavy atom. The van der Waals surface area contributed by atoms with Gasteiger partial charge >= 0.3 is 0 Å². The summed E-state index contributed by atoms with van der Waals surface area (Å²) in [4.78, 5) is 13.6. The molecule has 0 bridgehead atoms. The van der Waals surface area contributed by atoms with Crippen molar-refractivity contribution in [3.8, 4) is 0 Å². The summed E-state index contributed by atoms with van der Waals surface area (Å²) in [6.07, 6.45) is 1.12. The van der Waals surface area contributed by atoms with Crippen molar-refractivity contribution >= 4 is 5.91 Å². The van der Waals surface area contributed by atoms with E-state index in [4.69, 9.17) is 10.5 Å². The first-order chi connectivity index (χ1) is 6.56. The number of hydrogen-bond donors (Lipinski definition) is 1. The zero-order chi connectivity index (χ0) is 10.7. The van der Waals surface area contributed by atoms with Crippen molar-refractivity contribution in [2.24, 2.45) is 11.7 Å². The fourth-order valence-corrected chi connectivity index (χ4v) is 1.62. The van der Waals surface area contributed by atoms with Gasteiger partial charge in [0, 0.05) is 20.2 Å². The van der Waals surface area contributed by atoms with Gasteiger partial charge in [-0.3, -0.25) is 4.79 Å². The van der Waals surface area contributed by atoms with E-state index in [0.29, 0.717) is 6.54 Å². The van der Waals surface area contributed by atoms with Gasteiger partial charge in [0.1, 0.15) is 0 Å². The van der Waals surface area contributed by atoms with Gasteiger partial charge in [0.05, 0.1) is 12.1 Å². The molecule has 4 nitrogen and oxygen atoms in total. The summed E-state index contributed by atoms with van der Waals surface area (Å²) in [6, 6.07) is -0.370. The van der Waals surface area contributed by atoms with Crippen LogP contribution in [0.25, 0.3) is 0 Å². The Hall–Kier alpha value is -0.610. The fourth-order valence-electron chi connectivity index (χ4n) is 1.62. The van der Waals surface area contributed by atoms with Crippen LogP contribution in [0, 0.1) is 5.92 Å². The minimum atomic E-state index is -0.370. The minimum absolute atomic E-state index is 0.0551. The molecule has 1 fully saturated rings. The highest BCUT2D eigenvalue weighted by Gasteiger charge is 2.30. The molecule has 0 aliphatic carbocycles. The van der Waals surface area contributed by atoms with Crippen molar-refractivity contribution in [2.45, 2.75) is 32.4 Å². The first-order valence-electron chi connectivity index (χ1n) is 5.13. The number of hydrogen-bond acceptors (Lipinski definition) is 3. The van der Waals surface area contributed by atoms with Gasteiger partial charge in [-0.15, -0.1) is 0 Å². The Morgan fingerprint density at radius 3 is 2.64 bits per heavy atom. The van der Waals surface area contributed by atoms with E-state index in [2.05, 4.69) is 0 Å². The lowest BCUT2D eigenvalue weighted by Gasteiger charge is -2.22. The van der Waals surface area contributed by atoms with Gasteiger partial charge in [0.2, 0.25) is 5.91 Å². The van der Waals surface area contributed by atoms with E-state index in [-0.39, 0.29) is 24.0 Å². The average Bonchev–Trinajstić information content (AvgIpc) is 2.63. The summed E-state index contributed by atoms with van der Waals surface area (Å²) < 4.78 is 5.20. The van der Waals surface area contributed by atoms with E-state index in [9.17, 15) is 4.79 Å². The third-order valence-electron chi connectivity index (χ3n) is 2.79. The lowest BCUT2D eigenvalue weighted by Crippen LogP contribution is -2.45. The van der Waals surface area contributed by atoms with Crippen molar-refractivity contribution in [2.75, 3.05) is 20.2 Å². The van der Waals surface area contributed by atoms with E-state index in [1.54, 1.807) is 12.0 Å². The summed E-state index contributed by atoms with van der Waals surface area (Å²) in [5, 5.41) is 0. The summed E-state index contributed by atoms with van der Waals surface area (Å²) in [5.41, 5.74) is 5.79. The lowest BCUT2D eigenvalue weighted by molar-refractivity contribution is -0.132. The predicted octanol–water partition coefficient (Wildman–Crippen LogP) is 0.217. The molecule has 14 heavy (non-hydrogen) atoms. The van der Waals surface area contributed by atoms with Crippen molar-refractivity contribution in [1.29, 1.82) is 0 Å². The summed E-state index contributed by atoms with van der Waals surface area (Å²) in [6.45, 7) is 5.40. The van der Waals surface area contributed by atoms with E-state index in [1.165, 1.54) is 0 Å². The van der Waals surface area contributed by atoms with Gasteiger partial charge in [-0.1, -0.05) is 13.8 Å². The van der Waals surface area contributed by atoms with Gasteiger partial charge in [-0.2, -0.15) is 0 Å². The fraction of sp³-hybridized carbons (Fsp3) is 0.900. The molecule has 4 heteroatoms. The Bertz CT molecular complexity index is 206. The molecule has 0 radical (unpaired) electrons. The molecule has 2 N–H and O–H groups in total. The largest absolute Gasteiger partial charge is 0.380 e. The number of likely N-dealkylation sites (tertiary alicyclic amines) is 1. The third kappa shape index (κ3) is 2.45. The molecule has 1 saturated heterocycles. The molecule has 1 heterocycles. The monoisotopic (exact) mass is 200 g/mol. The van der Waals surface area contributed by atoms with Crippen LogP contribution < -0.4 is 5.73 Å².